The molecule has 7 nitrogen and oxygen atoms in total. The minimum Gasteiger partial charge on any atom is -0.359 e. The Balaban J connectivity index is 1.64. The van der Waals surface area contributed by atoms with Gasteiger partial charge in [0.15, 0.2) is 6.10 Å². The maximum absolute atomic E-state index is 13.0. The zero-order valence-corrected chi connectivity index (χ0v) is 14.9. The van der Waals surface area contributed by atoms with Crippen LogP contribution in [0.1, 0.15) is 30.9 Å². The molecular formula is C19H25N3O4. The minimum atomic E-state index is -0.717. The molecule has 2 fully saturated rings. The molecule has 0 saturated carbocycles. The Hall–Kier alpha value is -2.41. The van der Waals surface area contributed by atoms with Gasteiger partial charge in [-0.15, -0.1) is 0 Å². The van der Waals surface area contributed by atoms with Gasteiger partial charge in [0.25, 0.3) is 5.91 Å². The number of morpholine rings is 1. The summed E-state index contributed by atoms with van der Waals surface area (Å²) in [5.41, 5.74) is 0.855. The van der Waals surface area contributed by atoms with Gasteiger partial charge in [-0.25, -0.2) is 0 Å². The SMILES string of the molecule is CNC(=O)CC1CCN(C(=O)[C@H]2OCC(=O)N[C@@H]2c2ccccc2)CC1. The van der Waals surface area contributed by atoms with Gasteiger partial charge in [-0.3, -0.25) is 14.4 Å². The monoisotopic (exact) mass is 359 g/mol. The van der Waals surface area contributed by atoms with Crippen LogP contribution in [0.5, 0.6) is 0 Å². The molecule has 2 N–H and O–H groups in total. The molecule has 26 heavy (non-hydrogen) atoms. The summed E-state index contributed by atoms with van der Waals surface area (Å²) in [5.74, 6) is 0.0255. The van der Waals surface area contributed by atoms with Gasteiger partial charge in [-0.1, -0.05) is 30.3 Å². The average molecular weight is 359 g/mol. The number of nitrogens with one attached hydrogen (secondary N) is 2. The number of ether oxygens (including phenoxy) is 1. The first-order chi connectivity index (χ1) is 12.6. The van der Waals surface area contributed by atoms with E-state index in [0.717, 1.165) is 18.4 Å². The third-order valence-corrected chi connectivity index (χ3v) is 5.09. The number of amides is 3. The predicted molar refractivity (Wildman–Crippen MR) is 95.1 cm³/mol. The van der Waals surface area contributed by atoms with Crippen molar-refractivity contribution in [3.8, 4) is 0 Å². The van der Waals surface area contributed by atoms with E-state index in [1.54, 1.807) is 11.9 Å². The van der Waals surface area contributed by atoms with Gasteiger partial charge in [0.05, 0.1) is 6.04 Å². The van der Waals surface area contributed by atoms with Crippen LogP contribution in [0.3, 0.4) is 0 Å². The van der Waals surface area contributed by atoms with Crippen molar-refractivity contribution in [2.24, 2.45) is 5.92 Å². The second kappa shape index (κ2) is 8.31. The Morgan fingerprint density at radius 3 is 2.58 bits per heavy atom. The van der Waals surface area contributed by atoms with E-state index in [2.05, 4.69) is 10.6 Å². The molecule has 0 radical (unpaired) electrons. The van der Waals surface area contributed by atoms with Crippen LogP contribution in [0.15, 0.2) is 30.3 Å². The number of hydrogen-bond donors (Lipinski definition) is 2. The number of piperidine rings is 1. The Kier molecular flexibility index (Phi) is 5.88. The lowest BCUT2D eigenvalue weighted by Gasteiger charge is -2.38. The van der Waals surface area contributed by atoms with Gasteiger partial charge in [0, 0.05) is 26.6 Å². The minimum absolute atomic E-state index is 0.0391. The maximum atomic E-state index is 13.0. The smallest absolute Gasteiger partial charge is 0.254 e. The Morgan fingerprint density at radius 2 is 1.92 bits per heavy atom. The number of likely N-dealkylation sites (tertiary alicyclic amines) is 1. The molecule has 0 aliphatic carbocycles. The average Bonchev–Trinajstić information content (AvgIpc) is 2.68. The van der Waals surface area contributed by atoms with Crippen molar-refractivity contribution in [3.05, 3.63) is 35.9 Å². The van der Waals surface area contributed by atoms with E-state index < -0.39 is 12.1 Å². The van der Waals surface area contributed by atoms with Crippen LogP contribution in [0.4, 0.5) is 0 Å². The summed E-state index contributed by atoms with van der Waals surface area (Å²) in [6.45, 7) is 1.11. The van der Waals surface area contributed by atoms with Crippen molar-refractivity contribution < 1.29 is 19.1 Å². The summed E-state index contributed by atoms with van der Waals surface area (Å²) in [5, 5.41) is 5.53. The first-order valence-electron chi connectivity index (χ1n) is 9.03. The number of rotatable bonds is 4. The number of benzene rings is 1. The van der Waals surface area contributed by atoms with Gasteiger partial charge in [0.2, 0.25) is 11.8 Å². The van der Waals surface area contributed by atoms with E-state index >= 15 is 0 Å². The molecule has 2 aliphatic rings. The zero-order valence-electron chi connectivity index (χ0n) is 14.9. The largest absolute Gasteiger partial charge is 0.359 e. The molecule has 1 aromatic carbocycles. The van der Waals surface area contributed by atoms with Crippen LogP contribution in [-0.4, -0.2) is 55.5 Å². The van der Waals surface area contributed by atoms with Crippen LogP contribution in [0.2, 0.25) is 0 Å². The number of nitrogens with zero attached hydrogens (tertiary/aromatic N) is 1. The molecule has 2 atom stereocenters. The molecule has 0 aromatic heterocycles. The topological polar surface area (TPSA) is 87.7 Å². The van der Waals surface area contributed by atoms with Gasteiger partial charge < -0.3 is 20.3 Å². The quantitative estimate of drug-likeness (QED) is 0.825. The van der Waals surface area contributed by atoms with Crippen molar-refractivity contribution in [2.45, 2.75) is 31.4 Å². The van der Waals surface area contributed by atoms with E-state index in [0.29, 0.717) is 25.4 Å². The van der Waals surface area contributed by atoms with Crippen LogP contribution >= 0.6 is 0 Å². The highest BCUT2D eigenvalue weighted by atomic mass is 16.5. The molecule has 3 rings (SSSR count). The van der Waals surface area contributed by atoms with Crippen molar-refractivity contribution in [1.29, 1.82) is 0 Å². The van der Waals surface area contributed by atoms with Crippen molar-refractivity contribution in [1.82, 2.24) is 15.5 Å². The Morgan fingerprint density at radius 1 is 1.23 bits per heavy atom. The summed E-state index contributed by atoms with van der Waals surface area (Å²) in [4.78, 5) is 38.1. The van der Waals surface area contributed by atoms with Crippen LogP contribution in [-0.2, 0) is 19.1 Å². The fourth-order valence-corrected chi connectivity index (χ4v) is 3.59. The molecule has 2 heterocycles. The van der Waals surface area contributed by atoms with Crippen LogP contribution < -0.4 is 10.6 Å². The fourth-order valence-electron chi connectivity index (χ4n) is 3.59. The van der Waals surface area contributed by atoms with Gasteiger partial charge in [-0.05, 0) is 24.3 Å². The molecule has 2 saturated heterocycles. The molecule has 2 aliphatic heterocycles. The number of carbonyl (C=O) groups is 3. The second-order valence-corrected chi connectivity index (χ2v) is 6.83. The van der Waals surface area contributed by atoms with E-state index in [4.69, 9.17) is 4.74 Å². The van der Waals surface area contributed by atoms with Gasteiger partial charge in [-0.2, -0.15) is 0 Å². The van der Waals surface area contributed by atoms with Crippen LogP contribution in [0.25, 0.3) is 0 Å². The van der Waals surface area contributed by atoms with Gasteiger partial charge in [0.1, 0.15) is 6.61 Å². The second-order valence-electron chi connectivity index (χ2n) is 6.83. The maximum Gasteiger partial charge on any atom is 0.254 e. The highest BCUT2D eigenvalue weighted by Gasteiger charge is 2.39. The normalized spacial score (nSPS) is 24.0. The molecule has 0 spiro atoms. The Bertz CT molecular complexity index is 656. The summed E-state index contributed by atoms with van der Waals surface area (Å²) >= 11 is 0. The molecular weight excluding hydrogens is 334 g/mol. The van der Waals surface area contributed by atoms with E-state index in [1.807, 2.05) is 30.3 Å². The summed E-state index contributed by atoms with van der Waals surface area (Å²) in [6, 6.07) is 8.94. The molecule has 3 amide bonds. The zero-order chi connectivity index (χ0) is 18.5. The van der Waals surface area contributed by atoms with Crippen molar-refractivity contribution >= 4 is 17.7 Å². The molecule has 1 aromatic rings. The lowest BCUT2D eigenvalue weighted by Crippen LogP contribution is -2.54. The first kappa shape index (κ1) is 18.4. The van der Waals surface area contributed by atoms with Crippen molar-refractivity contribution in [2.75, 3.05) is 26.7 Å². The third-order valence-electron chi connectivity index (χ3n) is 5.09. The van der Waals surface area contributed by atoms with E-state index in [1.165, 1.54) is 0 Å². The lowest BCUT2D eigenvalue weighted by atomic mass is 9.92. The van der Waals surface area contributed by atoms with Gasteiger partial charge >= 0.3 is 0 Å². The highest BCUT2D eigenvalue weighted by Crippen LogP contribution is 2.27. The summed E-state index contributed by atoms with van der Waals surface area (Å²) in [7, 11) is 1.64. The molecule has 0 unspecified atom stereocenters. The third kappa shape index (κ3) is 4.22. The van der Waals surface area contributed by atoms with Crippen LogP contribution in [0, 0.1) is 5.92 Å². The molecule has 140 valence electrons. The molecule has 7 heteroatoms. The number of hydrogen-bond acceptors (Lipinski definition) is 4. The Labute approximate surface area is 153 Å². The lowest BCUT2D eigenvalue weighted by molar-refractivity contribution is -0.156. The number of carbonyl (C=O) groups excluding carboxylic acids is 3. The highest BCUT2D eigenvalue weighted by molar-refractivity contribution is 5.86. The standard InChI is InChI=1S/C19H25N3O4/c1-20-15(23)11-13-7-9-22(10-8-13)19(25)18-17(21-16(24)12-26-18)14-5-3-2-4-6-14/h2-6,13,17-18H,7-12H2,1H3,(H,20,23)(H,21,24)/t17-,18+/m1/s1. The first-order valence-corrected chi connectivity index (χ1v) is 9.03. The van der Waals surface area contributed by atoms with Crippen molar-refractivity contribution in [3.63, 3.8) is 0 Å². The molecule has 0 bridgehead atoms. The van der Waals surface area contributed by atoms with E-state index in [-0.39, 0.29) is 24.3 Å². The summed E-state index contributed by atoms with van der Waals surface area (Å²) < 4.78 is 5.61. The fraction of sp³-hybridized carbons (Fsp3) is 0.526. The van der Waals surface area contributed by atoms with E-state index in [9.17, 15) is 14.4 Å². The predicted octanol–water partition coefficient (Wildman–Crippen LogP) is 0.617. The summed E-state index contributed by atoms with van der Waals surface area (Å²) in [6.07, 6.45) is 1.38.